The highest BCUT2D eigenvalue weighted by Gasteiger charge is 2.23. The predicted molar refractivity (Wildman–Crippen MR) is 137 cm³/mol. The van der Waals surface area contributed by atoms with Crippen LogP contribution in [0.4, 0.5) is 11.4 Å². The molecule has 3 aromatic rings. The standard InChI is InChI=1S/C26H28N2O7S/c1-6-35-26(30)19-9-13-22(17(2)15-19)27-25(29)18-7-10-20(11-8-18)28(3)36(31,32)21-12-14-23(33-4)24(16-21)34-5/h7-16H,6H2,1-5H3,(H,27,29). The molecule has 1 N–H and O–H groups in total. The first kappa shape index (κ1) is 26.6. The summed E-state index contributed by atoms with van der Waals surface area (Å²) in [4.78, 5) is 24.7. The molecule has 0 fully saturated rings. The van der Waals surface area contributed by atoms with Crippen LogP contribution >= 0.6 is 0 Å². The zero-order valence-electron chi connectivity index (χ0n) is 20.7. The maximum absolute atomic E-state index is 13.1. The van der Waals surface area contributed by atoms with Gasteiger partial charge < -0.3 is 19.5 Å². The molecule has 0 aliphatic heterocycles. The van der Waals surface area contributed by atoms with Crippen LogP contribution in [0.3, 0.4) is 0 Å². The van der Waals surface area contributed by atoms with Gasteiger partial charge in [0.1, 0.15) is 0 Å². The highest BCUT2D eigenvalue weighted by molar-refractivity contribution is 7.92. The lowest BCUT2D eigenvalue weighted by atomic mass is 10.1. The zero-order chi connectivity index (χ0) is 26.5. The van der Waals surface area contributed by atoms with E-state index in [0.29, 0.717) is 39.6 Å². The van der Waals surface area contributed by atoms with E-state index in [-0.39, 0.29) is 17.4 Å². The van der Waals surface area contributed by atoms with E-state index < -0.39 is 16.0 Å². The lowest BCUT2D eigenvalue weighted by Crippen LogP contribution is -2.26. The Morgan fingerprint density at radius 2 is 1.53 bits per heavy atom. The van der Waals surface area contributed by atoms with Gasteiger partial charge in [-0.1, -0.05) is 0 Å². The molecule has 190 valence electrons. The summed E-state index contributed by atoms with van der Waals surface area (Å²) in [6, 6.07) is 15.4. The second kappa shape index (κ2) is 11.1. The Hall–Kier alpha value is -4.05. The minimum atomic E-state index is -3.89. The maximum Gasteiger partial charge on any atom is 0.338 e. The van der Waals surface area contributed by atoms with E-state index in [1.807, 2.05) is 0 Å². The van der Waals surface area contributed by atoms with E-state index in [2.05, 4.69) is 5.32 Å². The number of sulfonamides is 1. The number of nitrogens with zero attached hydrogens (tertiary/aromatic N) is 1. The van der Waals surface area contributed by atoms with Crippen molar-refractivity contribution < 1.29 is 32.2 Å². The SMILES string of the molecule is CCOC(=O)c1ccc(NC(=O)c2ccc(N(C)S(=O)(=O)c3ccc(OC)c(OC)c3)cc2)c(C)c1. The van der Waals surface area contributed by atoms with Gasteiger partial charge in [-0.25, -0.2) is 13.2 Å². The summed E-state index contributed by atoms with van der Waals surface area (Å²) < 4.78 is 42.8. The van der Waals surface area contributed by atoms with Gasteiger partial charge in [-0.05, 0) is 74.0 Å². The number of carbonyl (C=O) groups is 2. The Morgan fingerprint density at radius 3 is 2.11 bits per heavy atom. The van der Waals surface area contributed by atoms with Crippen LogP contribution in [-0.4, -0.2) is 48.2 Å². The van der Waals surface area contributed by atoms with E-state index >= 15 is 0 Å². The van der Waals surface area contributed by atoms with Crippen LogP contribution in [0, 0.1) is 6.92 Å². The van der Waals surface area contributed by atoms with Crippen molar-refractivity contribution in [3.05, 3.63) is 77.4 Å². The Kier molecular flexibility index (Phi) is 8.21. The molecule has 0 radical (unpaired) electrons. The Bertz CT molecular complexity index is 1370. The van der Waals surface area contributed by atoms with E-state index in [9.17, 15) is 18.0 Å². The predicted octanol–water partition coefficient (Wildman–Crippen LogP) is 4.27. The van der Waals surface area contributed by atoms with Crippen molar-refractivity contribution in [2.75, 3.05) is 37.5 Å². The molecule has 0 heterocycles. The number of nitrogens with one attached hydrogen (secondary N) is 1. The Balaban J connectivity index is 1.76. The normalized spacial score (nSPS) is 10.9. The minimum Gasteiger partial charge on any atom is -0.493 e. The van der Waals surface area contributed by atoms with Crippen LogP contribution in [0.15, 0.2) is 65.6 Å². The molecular formula is C26H28N2O7S. The molecule has 0 unspecified atom stereocenters. The number of hydrogen-bond donors (Lipinski definition) is 1. The lowest BCUT2D eigenvalue weighted by molar-refractivity contribution is 0.0526. The molecule has 3 aromatic carbocycles. The van der Waals surface area contributed by atoms with E-state index in [1.165, 1.54) is 51.6 Å². The molecule has 1 amide bonds. The molecule has 0 saturated heterocycles. The number of esters is 1. The van der Waals surface area contributed by atoms with Crippen LogP contribution in [0.1, 0.15) is 33.2 Å². The highest BCUT2D eigenvalue weighted by Crippen LogP contribution is 2.31. The summed E-state index contributed by atoms with van der Waals surface area (Å²) in [6.07, 6.45) is 0. The number of carbonyl (C=O) groups excluding carboxylic acids is 2. The topological polar surface area (TPSA) is 111 Å². The molecule has 36 heavy (non-hydrogen) atoms. The van der Waals surface area contributed by atoms with Crippen LogP contribution in [0.5, 0.6) is 11.5 Å². The highest BCUT2D eigenvalue weighted by atomic mass is 32.2. The van der Waals surface area contributed by atoms with Crippen molar-refractivity contribution in [1.82, 2.24) is 0 Å². The van der Waals surface area contributed by atoms with Crippen molar-refractivity contribution in [3.63, 3.8) is 0 Å². The van der Waals surface area contributed by atoms with Gasteiger partial charge in [0.2, 0.25) is 0 Å². The van der Waals surface area contributed by atoms with Crippen LogP contribution in [0.25, 0.3) is 0 Å². The van der Waals surface area contributed by atoms with E-state index in [1.54, 1.807) is 44.2 Å². The number of anilines is 2. The molecule has 0 saturated carbocycles. The summed E-state index contributed by atoms with van der Waals surface area (Å²) in [7, 11) is 0.430. The molecule has 0 spiro atoms. The number of methoxy groups -OCH3 is 2. The quantitative estimate of drug-likeness (QED) is 0.426. The third-order valence-corrected chi connectivity index (χ3v) is 7.27. The zero-order valence-corrected chi connectivity index (χ0v) is 21.5. The molecule has 3 rings (SSSR count). The summed E-state index contributed by atoms with van der Waals surface area (Å²) in [5.74, 6) is -0.0926. The van der Waals surface area contributed by atoms with Crippen molar-refractivity contribution in [2.45, 2.75) is 18.7 Å². The van der Waals surface area contributed by atoms with Crippen molar-refractivity contribution >= 4 is 33.3 Å². The minimum absolute atomic E-state index is 0.0335. The second-order valence-electron chi connectivity index (χ2n) is 7.74. The molecule has 0 atom stereocenters. The van der Waals surface area contributed by atoms with Crippen molar-refractivity contribution in [3.8, 4) is 11.5 Å². The summed E-state index contributed by atoms with van der Waals surface area (Å²) in [6.45, 7) is 3.78. The van der Waals surface area contributed by atoms with Gasteiger partial charge in [0.15, 0.2) is 11.5 Å². The van der Waals surface area contributed by atoms with Crippen LogP contribution < -0.4 is 19.1 Å². The van der Waals surface area contributed by atoms with Gasteiger partial charge in [-0.2, -0.15) is 0 Å². The van der Waals surface area contributed by atoms with E-state index in [4.69, 9.17) is 14.2 Å². The van der Waals surface area contributed by atoms with E-state index in [0.717, 1.165) is 4.31 Å². The number of ether oxygens (including phenoxy) is 3. The molecular weight excluding hydrogens is 484 g/mol. The fourth-order valence-electron chi connectivity index (χ4n) is 3.44. The summed E-state index contributed by atoms with van der Waals surface area (Å²) >= 11 is 0. The smallest absolute Gasteiger partial charge is 0.338 e. The van der Waals surface area contributed by atoms with Gasteiger partial charge in [-0.3, -0.25) is 9.10 Å². The average molecular weight is 513 g/mol. The van der Waals surface area contributed by atoms with Crippen LogP contribution in [0.2, 0.25) is 0 Å². The number of amides is 1. The number of benzene rings is 3. The molecule has 0 aliphatic rings. The molecule has 0 aromatic heterocycles. The van der Waals surface area contributed by atoms with Gasteiger partial charge >= 0.3 is 5.97 Å². The monoisotopic (exact) mass is 512 g/mol. The number of aryl methyl sites for hydroxylation is 1. The largest absolute Gasteiger partial charge is 0.493 e. The molecule has 10 heteroatoms. The van der Waals surface area contributed by atoms with Crippen molar-refractivity contribution in [2.24, 2.45) is 0 Å². The Labute approximate surface area is 210 Å². The first-order chi connectivity index (χ1) is 17.1. The fraction of sp³-hybridized carbons (Fsp3) is 0.231. The fourth-order valence-corrected chi connectivity index (χ4v) is 4.65. The van der Waals surface area contributed by atoms with Crippen molar-refractivity contribution in [1.29, 1.82) is 0 Å². The number of hydrogen-bond acceptors (Lipinski definition) is 7. The first-order valence-electron chi connectivity index (χ1n) is 11.0. The Morgan fingerprint density at radius 1 is 0.889 bits per heavy atom. The third-order valence-electron chi connectivity index (χ3n) is 5.49. The third kappa shape index (κ3) is 5.60. The summed E-state index contributed by atoms with van der Waals surface area (Å²) in [5, 5.41) is 2.80. The molecule has 0 bridgehead atoms. The van der Waals surface area contributed by atoms with Gasteiger partial charge in [-0.15, -0.1) is 0 Å². The van der Waals surface area contributed by atoms with Gasteiger partial charge in [0, 0.05) is 24.4 Å². The number of rotatable bonds is 9. The summed E-state index contributed by atoms with van der Waals surface area (Å²) in [5.41, 5.74) is 2.35. The molecule has 0 aliphatic carbocycles. The van der Waals surface area contributed by atoms with Crippen LogP contribution in [-0.2, 0) is 14.8 Å². The first-order valence-corrected chi connectivity index (χ1v) is 12.5. The molecule has 9 nitrogen and oxygen atoms in total. The maximum atomic E-state index is 13.1. The lowest BCUT2D eigenvalue weighted by Gasteiger charge is -2.20. The van der Waals surface area contributed by atoms with Gasteiger partial charge in [0.05, 0.1) is 37.0 Å². The average Bonchev–Trinajstić information content (AvgIpc) is 2.89. The second-order valence-corrected chi connectivity index (χ2v) is 9.71. The van der Waals surface area contributed by atoms with Gasteiger partial charge in [0.25, 0.3) is 15.9 Å².